The van der Waals surface area contributed by atoms with E-state index in [1.54, 1.807) is 0 Å². The van der Waals surface area contributed by atoms with E-state index in [9.17, 15) is 17.3 Å². The summed E-state index contributed by atoms with van der Waals surface area (Å²) in [6, 6.07) is 32.5. The normalized spacial score (nSPS) is 10.9. The van der Waals surface area contributed by atoms with Gasteiger partial charge in [-0.2, -0.15) is 0 Å². The van der Waals surface area contributed by atoms with E-state index in [1.165, 1.54) is 15.9 Å². The first-order valence-electron chi connectivity index (χ1n) is 7.35. The molecule has 0 N–H and O–H groups in total. The summed E-state index contributed by atoms with van der Waals surface area (Å²) in [5.74, 6) is 0. The van der Waals surface area contributed by atoms with Gasteiger partial charge in [-0.15, -0.1) is 0 Å². The van der Waals surface area contributed by atoms with Gasteiger partial charge >= 0.3 is 7.25 Å². The van der Waals surface area contributed by atoms with Crippen LogP contribution in [0.4, 0.5) is 17.3 Å². The predicted octanol–water partition coefficient (Wildman–Crippen LogP) is 4.48. The van der Waals surface area contributed by atoms with Crippen LogP contribution >= 0.6 is 7.92 Å². The molecule has 0 radical (unpaired) electrons. The summed E-state index contributed by atoms with van der Waals surface area (Å²) in [5.41, 5.74) is 0. The first-order chi connectivity index (χ1) is 11.4. The van der Waals surface area contributed by atoms with E-state index in [2.05, 4.69) is 91.0 Å². The fourth-order valence-electron chi connectivity index (χ4n) is 2.31. The van der Waals surface area contributed by atoms with Gasteiger partial charge in [-0.3, -0.25) is 0 Å². The second-order valence-corrected chi connectivity index (χ2v) is 7.45. The van der Waals surface area contributed by atoms with Crippen molar-refractivity contribution in [2.45, 2.75) is 0 Å². The van der Waals surface area contributed by atoms with Gasteiger partial charge in [0.1, 0.15) is 15.9 Å². The number of rotatable bonds is 3. The van der Waals surface area contributed by atoms with Gasteiger partial charge in [0.2, 0.25) is 0 Å². The second-order valence-electron chi connectivity index (χ2n) is 4.97. The van der Waals surface area contributed by atoms with Crippen LogP contribution in [0.1, 0.15) is 0 Å². The maximum absolute atomic E-state index is 9.75. The molecule has 0 bridgehead atoms. The monoisotopic (exact) mass is 350 g/mol. The Balaban J connectivity index is 0.000000368. The van der Waals surface area contributed by atoms with Crippen LogP contribution in [-0.2, 0) is 0 Å². The zero-order valence-corrected chi connectivity index (χ0v) is 13.7. The van der Waals surface area contributed by atoms with E-state index in [4.69, 9.17) is 0 Å². The lowest BCUT2D eigenvalue weighted by molar-refractivity contribution is 0.368. The fourth-order valence-corrected chi connectivity index (χ4v) is 4.89. The van der Waals surface area contributed by atoms with Crippen molar-refractivity contribution in [1.29, 1.82) is 0 Å². The zero-order chi connectivity index (χ0) is 17.4. The van der Waals surface area contributed by atoms with Crippen LogP contribution in [0.25, 0.3) is 0 Å². The fraction of sp³-hybridized carbons (Fsp3) is 0. The summed E-state index contributed by atoms with van der Waals surface area (Å²) < 4.78 is 39.0. The van der Waals surface area contributed by atoms with Crippen LogP contribution in [-0.4, -0.2) is 7.25 Å². The highest BCUT2D eigenvalue weighted by Crippen LogP contribution is 2.32. The SMILES string of the molecule is F[B-](F)(F)F.c1ccc([PH+](c2ccccc2)c2ccccc2)cc1. The Morgan fingerprint density at radius 2 is 0.667 bits per heavy atom. The van der Waals surface area contributed by atoms with Crippen LogP contribution < -0.4 is 15.9 Å². The van der Waals surface area contributed by atoms with Crippen molar-refractivity contribution >= 4 is 31.1 Å². The third-order valence-corrected chi connectivity index (χ3v) is 5.92. The predicted molar refractivity (Wildman–Crippen MR) is 96.7 cm³/mol. The van der Waals surface area contributed by atoms with E-state index >= 15 is 0 Å². The molecule has 6 heteroatoms. The summed E-state index contributed by atoms with van der Waals surface area (Å²) in [7, 11) is -6.88. The van der Waals surface area contributed by atoms with Crippen LogP contribution in [0.15, 0.2) is 91.0 Å². The largest absolute Gasteiger partial charge is 0.673 e. The second kappa shape index (κ2) is 8.65. The molecule has 0 atom stereocenters. The highest BCUT2D eigenvalue weighted by Gasteiger charge is 2.24. The molecule has 0 aliphatic heterocycles. The first-order valence-corrected chi connectivity index (χ1v) is 8.85. The van der Waals surface area contributed by atoms with Crippen molar-refractivity contribution in [3.63, 3.8) is 0 Å². The zero-order valence-electron chi connectivity index (χ0n) is 12.7. The van der Waals surface area contributed by atoms with Crippen LogP contribution in [0.2, 0.25) is 0 Å². The lowest BCUT2D eigenvalue weighted by Gasteiger charge is -2.10. The molecule has 0 aromatic heterocycles. The highest BCUT2D eigenvalue weighted by atomic mass is 31.1. The van der Waals surface area contributed by atoms with Crippen molar-refractivity contribution < 1.29 is 17.3 Å². The third kappa shape index (κ3) is 6.17. The summed E-state index contributed by atoms with van der Waals surface area (Å²) in [4.78, 5) is 0. The number of hydrogen-bond acceptors (Lipinski definition) is 0. The van der Waals surface area contributed by atoms with Gasteiger partial charge in [-0.25, -0.2) is 0 Å². The Bertz CT molecular complexity index is 618. The average Bonchev–Trinajstić information content (AvgIpc) is 2.57. The molecule has 3 rings (SSSR count). The summed E-state index contributed by atoms with van der Waals surface area (Å²) >= 11 is 0. The molecule has 124 valence electrons. The molecule has 0 amide bonds. The van der Waals surface area contributed by atoms with Crippen molar-refractivity contribution in [3.8, 4) is 0 Å². The van der Waals surface area contributed by atoms with Gasteiger partial charge in [0.15, 0.2) is 0 Å². The van der Waals surface area contributed by atoms with E-state index in [-0.39, 0.29) is 0 Å². The maximum atomic E-state index is 9.75. The molecule has 0 saturated carbocycles. The summed E-state index contributed by atoms with van der Waals surface area (Å²) in [5, 5.41) is 4.31. The summed E-state index contributed by atoms with van der Waals surface area (Å²) in [6.07, 6.45) is 0. The Kier molecular flexibility index (Phi) is 6.57. The van der Waals surface area contributed by atoms with E-state index in [1.807, 2.05) is 0 Å². The molecule has 0 nitrogen and oxygen atoms in total. The molecule has 0 aliphatic rings. The lowest BCUT2D eigenvalue weighted by Crippen LogP contribution is -2.20. The number of benzene rings is 3. The van der Waals surface area contributed by atoms with Crippen LogP contribution in [0, 0.1) is 0 Å². The molecule has 0 aliphatic carbocycles. The van der Waals surface area contributed by atoms with Gasteiger partial charge in [0.05, 0.1) is 7.92 Å². The number of hydrogen-bond donors (Lipinski definition) is 0. The van der Waals surface area contributed by atoms with Crippen molar-refractivity contribution in [2.75, 3.05) is 0 Å². The third-order valence-electron chi connectivity index (χ3n) is 3.19. The molecule has 0 heterocycles. The first kappa shape index (κ1) is 18.2. The van der Waals surface area contributed by atoms with Gasteiger partial charge < -0.3 is 17.3 Å². The summed E-state index contributed by atoms with van der Waals surface area (Å²) in [6.45, 7) is 0. The van der Waals surface area contributed by atoms with Gasteiger partial charge in [-0.05, 0) is 36.4 Å². The lowest BCUT2D eigenvalue weighted by atomic mass is 10.3. The van der Waals surface area contributed by atoms with Crippen molar-refractivity contribution in [3.05, 3.63) is 91.0 Å². The Morgan fingerprint density at radius 3 is 0.875 bits per heavy atom. The van der Waals surface area contributed by atoms with Gasteiger partial charge in [0.25, 0.3) is 0 Å². The molecule has 3 aromatic rings. The molecule has 3 aromatic carbocycles. The molecule has 0 fully saturated rings. The molecule has 24 heavy (non-hydrogen) atoms. The Hall–Kier alpha value is -2.13. The van der Waals surface area contributed by atoms with Crippen molar-refractivity contribution in [1.82, 2.24) is 0 Å². The maximum Gasteiger partial charge on any atom is 0.673 e. The minimum atomic E-state index is -6.00. The molecule has 0 spiro atoms. The topological polar surface area (TPSA) is 0 Å². The quantitative estimate of drug-likeness (QED) is 0.371. The molecular weight excluding hydrogens is 334 g/mol. The highest BCUT2D eigenvalue weighted by molar-refractivity contribution is 7.79. The Morgan fingerprint density at radius 1 is 0.458 bits per heavy atom. The van der Waals surface area contributed by atoms with Gasteiger partial charge in [-0.1, -0.05) is 54.6 Å². The standard InChI is InChI=1S/C18H15P.BF4/c1-4-10-16(11-5-1)19(17-12-6-2-7-13-17)18-14-8-3-9-15-18;2-1(3,4)5/h1-15H;/q;-1/p+1. The van der Waals surface area contributed by atoms with E-state index in [0.717, 1.165) is 0 Å². The smallest absolute Gasteiger partial charge is 0.418 e. The van der Waals surface area contributed by atoms with Crippen LogP contribution in [0.3, 0.4) is 0 Å². The Labute approximate surface area is 140 Å². The minimum Gasteiger partial charge on any atom is -0.418 e. The number of halogens is 4. The molecular formula is C18H16BF4P. The molecule has 0 saturated heterocycles. The van der Waals surface area contributed by atoms with Gasteiger partial charge in [0, 0.05) is 0 Å². The minimum absolute atomic E-state index is 0.877. The van der Waals surface area contributed by atoms with E-state index in [0.29, 0.717) is 0 Å². The van der Waals surface area contributed by atoms with Crippen molar-refractivity contribution in [2.24, 2.45) is 0 Å². The average molecular weight is 350 g/mol. The van der Waals surface area contributed by atoms with E-state index < -0.39 is 15.2 Å². The van der Waals surface area contributed by atoms with Crippen LogP contribution in [0.5, 0.6) is 0 Å². The molecule has 0 unspecified atom stereocenters.